The SMILES string of the molecule is C=C/C=C(\N=CC)c1ccc2c(c1)c1cc3c4c(c1n2/C(C)=C/C=C\N)CCc1c-4c(cc2c4cc(-c5ccccn5)ccc4n(-c4cccnc4)c12)CC3. The zero-order chi connectivity index (χ0) is 37.2. The van der Waals surface area contributed by atoms with Crippen molar-refractivity contribution in [2.45, 2.75) is 39.5 Å². The molecule has 6 heteroatoms. The van der Waals surface area contributed by atoms with E-state index in [0.29, 0.717) is 0 Å². The summed E-state index contributed by atoms with van der Waals surface area (Å²) in [6.45, 7) is 8.09. The lowest BCUT2D eigenvalue weighted by Crippen LogP contribution is -2.16. The van der Waals surface area contributed by atoms with E-state index in [1.54, 1.807) is 6.20 Å². The Hall–Kier alpha value is -6.79. The zero-order valence-corrected chi connectivity index (χ0v) is 31.1. The molecule has 8 aromatic rings. The van der Waals surface area contributed by atoms with Crippen molar-refractivity contribution in [3.8, 4) is 28.1 Å². The average molecular weight is 713 g/mol. The highest BCUT2D eigenvalue weighted by molar-refractivity contribution is 6.17. The van der Waals surface area contributed by atoms with Crippen LogP contribution in [0, 0.1) is 0 Å². The number of fused-ring (bicyclic) bond motifs is 8. The number of rotatable bonds is 7. The maximum absolute atomic E-state index is 5.87. The van der Waals surface area contributed by atoms with Gasteiger partial charge in [0.25, 0.3) is 0 Å². The highest BCUT2D eigenvalue weighted by Gasteiger charge is 2.33. The fourth-order valence-electron chi connectivity index (χ4n) is 9.36. The third-order valence-electron chi connectivity index (χ3n) is 11.5. The van der Waals surface area contributed by atoms with Gasteiger partial charge in [-0.3, -0.25) is 15.0 Å². The molecule has 10 rings (SSSR count). The second kappa shape index (κ2) is 13.0. The van der Waals surface area contributed by atoms with Crippen LogP contribution in [0.1, 0.15) is 41.7 Å². The zero-order valence-electron chi connectivity index (χ0n) is 31.1. The highest BCUT2D eigenvalue weighted by Crippen LogP contribution is 2.51. The van der Waals surface area contributed by atoms with Crippen LogP contribution in [-0.2, 0) is 25.7 Å². The van der Waals surface area contributed by atoms with Crippen LogP contribution in [0.25, 0.3) is 83.1 Å². The quantitative estimate of drug-likeness (QED) is 0.132. The average Bonchev–Trinajstić information content (AvgIpc) is 3.74. The Balaban J connectivity index is 1.29. The van der Waals surface area contributed by atoms with Crippen molar-refractivity contribution in [2.75, 3.05) is 0 Å². The summed E-state index contributed by atoms with van der Waals surface area (Å²) in [6, 6.07) is 28.8. The van der Waals surface area contributed by atoms with Gasteiger partial charge in [-0.15, -0.1) is 0 Å². The molecule has 0 radical (unpaired) electrons. The number of hydrogen-bond acceptors (Lipinski definition) is 4. The smallest absolute Gasteiger partial charge is 0.0702 e. The molecule has 6 nitrogen and oxygen atoms in total. The first-order valence-electron chi connectivity index (χ1n) is 19.0. The molecular weight excluding hydrogens is 673 g/mol. The fourth-order valence-corrected chi connectivity index (χ4v) is 9.36. The molecule has 0 aliphatic heterocycles. The molecule has 2 aliphatic carbocycles. The van der Waals surface area contributed by atoms with Gasteiger partial charge in [0.15, 0.2) is 0 Å². The van der Waals surface area contributed by atoms with E-state index in [-0.39, 0.29) is 0 Å². The summed E-state index contributed by atoms with van der Waals surface area (Å²) in [5, 5.41) is 5.05. The molecule has 266 valence electrons. The third-order valence-corrected chi connectivity index (χ3v) is 11.5. The van der Waals surface area contributed by atoms with Crippen LogP contribution < -0.4 is 5.73 Å². The Kier molecular flexibility index (Phi) is 7.73. The molecule has 0 saturated carbocycles. The molecule has 0 bridgehead atoms. The number of aryl methyl sites for hydroxylation is 4. The molecule has 4 aromatic carbocycles. The Labute approximate surface area is 320 Å². The molecule has 0 amide bonds. The van der Waals surface area contributed by atoms with E-state index >= 15 is 0 Å². The number of nitrogens with two attached hydrogens (primary N) is 1. The fraction of sp³-hybridized carbons (Fsp3) is 0.122. The lowest BCUT2D eigenvalue weighted by Gasteiger charge is -2.31. The molecule has 4 heterocycles. The molecule has 2 N–H and O–H groups in total. The largest absolute Gasteiger partial charge is 0.405 e. The van der Waals surface area contributed by atoms with Gasteiger partial charge in [0.05, 0.1) is 45.3 Å². The lowest BCUT2D eigenvalue weighted by molar-refractivity contribution is 0.883. The van der Waals surface area contributed by atoms with Gasteiger partial charge in [-0.25, -0.2) is 0 Å². The maximum Gasteiger partial charge on any atom is 0.0702 e. The van der Waals surface area contributed by atoms with Gasteiger partial charge >= 0.3 is 0 Å². The van der Waals surface area contributed by atoms with E-state index < -0.39 is 0 Å². The van der Waals surface area contributed by atoms with Gasteiger partial charge < -0.3 is 14.9 Å². The molecule has 0 fully saturated rings. The van der Waals surface area contributed by atoms with Crippen molar-refractivity contribution in [3.63, 3.8) is 0 Å². The summed E-state index contributed by atoms with van der Waals surface area (Å²) in [5.41, 5.74) is 25.6. The molecule has 0 spiro atoms. The molecule has 0 unspecified atom stereocenters. The van der Waals surface area contributed by atoms with Gasteiger partial charge in [0.2, 0.25) is 0 Å². The summed E-state index contributed by atoms with van der Waals surface area (Å²) in [6.07, 6.45) is 20.8. The maximum atomic E-state index is 5.87. The third kappa shape index (κ3) is 4.98. The molecule has 0 saturated heterocycles. The van der Waals surface area contributed by atoms with Crippen LogP contribution in [-0.4, -0.2) is 25.3 Å². The molecule has 55 heavy (non-hydrogen) atoms. The first-order valence-corrected chi connectivity index (χ1v) is 19.0. The van der Waals surface area contributed by atoms with Crippen molar-refractivity contribution in [1.82, 2.24) is 19.1 Å². The summed E-state index contributed by atoms with van der Waals surface area (Å²) < 4.78 is 4.90. The Morgan fingerprint density at radius 2 is 1.55 bits per heavy atom. The van der Waals surface area contributed by atoms with Gasteiger partial charge in [-0.2, -0.15) is 0 Å². The van der Waals surface area contributed by atoms with Crippen LogP contribution in [0.4, 0.5) is 0 Å². The van der Waals surface area contributed by atoms with Crippen molar-refractivity contribution >= 4 is 61.2 Å². The Bertz CT molecular complexity index is 3010. The Morgan fingerprint density at radius 3 is 2.25 bits per heavy atom. The lowest BCUT2D eigenvalue weighted by atomic mass is 9.74. The number of hydrogen-bond donors (Lipinski definition) is 1. The van der Waals surface area contributed by atoms with Crippen LogP contribution in [0.2, 0.25) is 0 Å². The van der Waals surface area contributed by atoms with Gasteiger partial charge in [0, 0.05) is 57.0 Å². The second-order valence-corrected chi connectivity index (χ2v) is 14.5. The number of nitrogens with zero attached hydrogens (tertiary/aromatic N) is 5. The van der Waals surface area contributed by atoms with Crippen LogP contribution >= 0.6 is 0 Å². The summed E-state index contributed by atoms with van der Waals surface area (Å²) in [5.74, 6) is 0. The van der Waals surface area contributed by atoms with Crippen molar-refractivity contribution < 1.29 is 0 Å². The number of pyridine rings is 2. The van der Waals surface area contributed by atoms with Gasteiger partial charge in [0.1, 0.15) is 0 Å². The van der Waals surface area contributed by atoms with Crippen LogP contribution in [0.3, 0.4) is 0 Å². The molecular formula is C49H40N6. The summed E-state index contributed by atoms with van der Waals surface area (Å²) >= 11 is 0. The normalized spacial score (nSPS) is 14.3. The minimum absolute atomic E-state index is 0.900. The van der Waals surface area contributed by atoms with E-state index in [0.717, 1.165) is 59.6 Å². The predicted octanol–water partition coefficient (Wildman–Crippen LogP) is 11.2. The van der Waals surface area contributed by atoms with Crippen molar-refractivity contribution in [3.05, 3.63) is 162 Å². The monoisotopic (exact) mass is 712 g/mol. The van der Waals surface area contributed by atoms with E-state index in [9.17, 15) is 0 Å². The van der Waals surface area contributed by atoms with Gasteiger partial charge in [-0.05, 0) is 158 Å². The Morgan fingerprint density at radius 1 is 0.782 bits per heavy atom. The number of benzene rings is 4. The number of aliphatic imine (C=N–C) groups is 1. The first-order chi connectivity index (χ1) is 27.1. The standard InChI is InChI=1S/C49H40N6/c1-4-10-42(52-5-2)31-16-20-44-38(25-31)40-27-33-14-15-34-28-41-39-26-32(43-13-6-7-24-53-43)17-21-45(39)55(35-12-9-23-51-29-35)49(41)37-19-18-36(46(33)47(34)37)48(40)54(44)30(3)11-8-22-50/h4-13,16-17,20-29H,1,14-15,18-19,50H2,2-3H3/b22-8-,30-11+,42-10-,52-5?. The predicted molar refractivity (Wildman–Crippen MR) is 231 cm³/mol. The van der Waals surface area contributed by atoms with E-state index in [1.165, 1.54) is 77.0 Å². The minimum Gasteiger partial charge on any atom is -0.405 e. The number of aromatic nitrogens is 4. The summed E-state index contributed by atoms with van der Waals surface area (Å²) in [4.78, 5) is 14.0. The molecule has 0 atom stereocenters. The van der Waals surface area contributed by atoms with Crippen LogP contribution in [0.5, 0.6) is 0 Å². The van der Waals surface area contributed by atoms with Crippen molar-refractivity contribution in [2.24, 2.45) is 10.7 Å². The number of allylic oxidation sites excluding steroid dienone is 5. The topological polar surface area (TPSA) is 74.0 Å². The first kappa shape index (κ1) is 32.8. The minimum atomic E-state index is 0.900. The highest BCUT2D eigenvalue weighted by atomic mass is 15.0. The van der Waals surface area contributed by atoms with E-state index in [4.69, 9.17) is 15.7 Å². The molecule has 4 aromatic heterocycles. The van der Waals surface area contributed by atoms with Crippen molar-refractivity contribution in [1.29, 1.82) is 0 Å². The molecule has 2 aliphatic rings. The summed E-state index contributed by atoms with van der Waals surface area (Å²) in [7, 11) is 0. The van der Waals surface area contributed by atoms with E-state index in [2.05, 4.69) is 100 Å². The van der Waals surface area contributed by atoms with Crippen LogP contribution in [0.15, 0.2) is 140 Å². The van der Waals surface area contributed by atoms with Gasteiger partial charge in [-0.1, -0.05) is 30.9 Å². The van der Waals surface area contributed by atoms with E-state index in [1.807, 2.05) is 62.1 Å². The second-order valence-electron chi connectivity index (χ2n) is 14.5.